The summed E-state index contributed by atoms with van der Waals surface area (Å²) in [7, 11) is 1.59. The summed E-state index contributed by atoms with van der Waals surface area (Å²) in [5, 5.41) is 1.13. The Morgan fingerprint density at radius 3 is 2.45 bits per heavy atom. The van der Waals surface area contributed by atoms with Gasteiger partial charge in [0.1, 0.15) is 11.3 Å². The third-order valence-corrected chi connectivity index (χ3v) is 6.93. The molecule has 2 heterocycles. The van der Waals surface area contributed by atoms with Gasteiger partial charge in [-0.05, 0) is 53.6 Å². The lowest BCUT2D eigenvalue weighted by atomic mass is 9.98. The average Bonchev–Trinajstić information content (AvgIpc) is 3.08. The van der Waals surface area contributed by atoms with Gasteiger partial charge >= 0.3 is 0 Å². The molecule has 1 atom stereocenters. The molecule has 3 aromatic carbocycles. The summed E-state index contributed by atoms with van der Waals surface area (Å²) in [6, 6.07) is 17.0. The van der Waals surface area contributed by atoms with E-state index in [-0.39, 0.29) is 29.2 Å². The van der Waals surface area contributed by atoms with Crippen LogP contribution in [-0.4, -0.2) is 17.9 Å². The fourth-order valence-electron chi connectivity index (χ4n) is 4.11. The molecule has 1 unspecified atom stereocenters. The molecule has 0 bridgehead atoms. The highest BCUT2D eigenvalue weighted by atomic mass is 79.9. The van der Waals surface area contributed by atoms with Crippen LogP contribution in [0.2, 0.25) is 10.0 Å². The number of rotatable bonds is 4. The maximum absolute atomic E-state index is 13.6. The zero-order chi connectivity index (χ0) is 23.3. The number of carbonyl (C=O) groups is 1. The molecular weight excluding hydrogens is 529 g/mol. The van der Waals surface area contributed by atoms with Crippen LogP contribution < -0.4 is 10.2 Å². The summed E-state index contributed by atoms with van der Waals surface area (Å²) in [4.78, 5) is 28.7. The standard InChI is InChI=1S/C25H16BrCl2NO4/c1-32-16-6-2-13(3-7-16)12-29-22(14-4-8-18(27)19(28)10-14)21-23(30)17-11-15(26)5-9-20(17)33-24(21)25(29)31/h2-11,22H,12H2,1H3. The molecule has 0 saturated heterocycles. The second-order valence-electron chi connectivity index (χ2n) is 7.67. The molecule has 166 valence electrons. The monoisotopic (exact) mass is 543 g/mol. The summed E-state index contributed by atoms with van der Waals surface area (Å²) < 4.78 is 11.9. The van der Waals surface area contributed by atoms with Gasteiger partial charge in [0.25, 0.3) is 5.91 Å². The predicted octanol–water partition coefficient (Wildman–Crippen LogP) is 6.62. The molecule has 0 spiro atoms. The Morgan fingerprint density at radius 2 is 1.76 bits per heavy atom. The first-order chi connectivity index (χ1) is 15.9. The van der Waals surface area contributed by atoms with Crippen LogP contribution in [0.5, 0.6) is 5.75 Å². The smallest absolute Gasteiger partial charge is 0.291 e. The molecule has 1 amide bonds. The van der Waals surface area contributed by atoms with E-state index in [1.54, 1.807) is 48.4 Å². The molecular formula is C25H16BrCl2NO4. The van der Waals surface area contributed by atoms with E-state index in [0.717, 1.165) is 10.0 Å². The molecule has 1 aliphatic rings. The van der Waals surface area contributed by atoms with E-state index < -0.39 is 6.04 Å². The van der Waals surface area contributed by atoms with E-state index in [0.29, 0.717) is 32.3 Å². The largest absolute Gasteiger partial charge is 0.497 e. The number of ether oxygens (including phenoxy) is 1. The second-order valence-corrected chi connectivity index (χ2v) is 9.40. The van der Waals surface area contributed by atoms with Crippen molar-refractivity contribution in [2.45, 2.75) is 12.6 Å². The van der Waals surface area contributed by atoms with Gasteiger partial charge in [-0.3, -0.25) is 9.59 Å². The van der Waals surface area contributed by atoms with Crippen molar-refractivity contribution >= 4 is 56.0 Å². The molecule has 5 nitrogen and oxygen atoms in total. The number of nitrogens with zero attached hydrogens (tertiary/aromatic N) is 1. The number of hydrogen-bond donors (Lipinski definition) is 0. The fraction of sp³-hybridized carbons (Fsp3) is 0.120. The van der Waals surface area contributed by atoms with Crippen LogP contribution in [-0.2, 0) is 6.54 Å². The summed E-state index contributed by atoms with van der Waals surface area (Å²) in [5.41, 5.74) is 1.94. The highest BCUT2D eigenvalue weighted by Gasteiger charge is 2.42. The van der Waals surface area contributed by atoms with Gasteiger partial charge in [0.15, 0.2) is 5.43 Å². The molecule has 0 radical (unpaired) electrons. The molecule has 8 heteroatoms. The number of halogens is 3. The Balaban J connectivity index is 1.70. The Kier molecular flexibility index (Phi) is 5.69. The van der Waals surface area contributed by atoms with Gasteiger partial charge in [-0.1, -0.05) is 57.3 Å². The fourth-order valence-corrected chi connectivity index (χ4v) is 4.78. The predicted molar refractivity (Wildman–Crippen MR) is 131 cm³/mol. The lowest BCUT2D eigenvalue weighted by Crippen LogP contribution is -2.29. The van der Waals surface area contributed by atoms with Crippen molar-refractivity contribution in [2.75, 3.05) is 7.11 Å². The first-order valence-electron chi connectivity index (χ1n) is 10.0. The maximum Gasteiger partial charge on any atom is 0.291 e. The topological polar surface area (TPSA) is 59.8 Å². The lowest BCUT2D eigenvalue weighted by molar-refractivity contribution is 0.0714. The summed E-state index contributed by atoms with van der Waals surface area (Å²) >= 11 is 15.8. The number of benzene rings is 3. The number of methoxy groups -OCH3 is 1. The number of fused-ring (bicyclic) bond motifs is 2. The number of carbonyl (C=O) groups excluding carboxylic acids is 1. The van der Waals surface area contributed by atoms with Crippen molar-refractivity contribution in [3.63, 3.8) is 0 Å². The van der Waals surface area contributed by atoms with Gasteiger partial charge in [-0.15, -0.1) is 0 Å². The van der Waals surface area contributed by atoms with Gasteiger partial charge in [-0.25, -0.2) is 0 Å². The van der Waals surface area contributed by atoms with Crippen LogP contribution in [0.3, 0.4) is 0 Å². The minimum absolute atomic E-state index is 0.0411. The Hall–Kier alpha value is -2.80. The normalized spacial score (nSPS) is 15.2. The van der Waals surface area contributed by atoms with Crippen LogP contribution in [0.15, 0.2) is 74.3 Å². The van der Waals surface area contributed by atoms with Gasteiger partial charge in [0, 0.05) is 11.0 Å². The Bertz CT molecular complexity index is 1470. The third kappa shape index (κ3) is 3.82. The highest BCUT2D eigenvalue weighted by molar-refractivity contribution is 9.10. The van der Waals surface area contributed by atoms with Crippen molar-refractivity contribution in [3.8, 4) is 5.75 Å². The number of hydrogen-bond acceptors (Lipinski definition) is 4. The van der Waals surface area contributed by atoms with Crippen molar-refractivity contribution in [2.24, 2.45) is 0 Å². The van der Waals surface area contributed by atoms with Crippen LogP contribution >= 0.6 is 39.1 Å². The Labute approximate surface area is 207 Å². The molecule has 1 aliphatic heterocycles. The highest BCUT2D eigenvalue weighted by Crippen LogP contribution is 2.41. The third-order valence-electron chi connectivity index (χ3n) is 5.70. The average molecular weight is 545 g/mol. The van der Waals surface area contributed by atoms with Gasteiger partial charge < -0.3 is 14.1 Å². The summed E-state index contributed by atoms with van der Waals surface area (Å²) in [6.07, 6.45) is 0. The zero-order valence-corrected chi connectivity index (χ0v) is 20.4. The minimum atomic E-state index is -0.677. The van der Waals surface area contributed by atoms with Crippen molar-refractivity contribution in [1.29, 1.82) is 0 Å². The molecule has 0 N–H and O–H groups in total. The van der Waals surface area contributed by atoms with Crippen molar-refractivity contribution < 1.29 is 13.9 Å². The summed E-state index contributed by atoms with van der Waals surface area (Å²) in [6.45, 7) is 0.261. The first-order valence-corrected chi connectivity index (χ1v) is 11.6. The molecule has 1 aromatic heterocycles. The maximum atomic E-state index is 13.6. The van der Waals surface area contributed by atoms with E-state index in [4.69, 9.17) is 32.4 Å². The number of amides is 1. The molecule has 5 rings (SSSR count). The van der Waals surface area contributed by atoms with Crippen LogP contribution in [0, 0.1) is 0 Å². The second kappa shape index (κ2) is 8.52. The van der Waals surface area contributed by atoms with Crippen LogP contribution in [0.4, 0.5) is 0 Å². The molecule has 0 fully saturated rings. The molecule has 0 aliphatic carbocycles. The van der Waals surface area contributed by atoms with Gasteiger partial charge in [0.2, 0.25) is 5.76 Å². The minimum Gasteiger partial charge on any atom is -0.497 e. The Morgan fingerprint density at radius 1 is 1.00 bits per heavy atom. The molecule has 33 heavy (non-hydrogen) atoms. The SMILES string of the molecule is COc1ccc(CN2C(=O)c3oc4ccc(Br)cc4c(=O)c3C2c2ccc(Cl)c(Cl)c2)cc1. The van der Waals surface area contributed by atoms with Gasteiger partial charge in [-0.2, -0.15) is 0 Å². The first kappa shape index (κ1) is 22.0. The molecule has 4 aromatic rings. The van der Waals surface area contributed by atoms with E-state index in [1.807, 2.05) is 24.3 Å². The van der Waals surface area contributed by atoms with Crippen molar-refractivity contribution in [3.05, 3.63) is 108 Å². The quantitative estimate of drug-likeness (QED) is 0.290. The van der Waals surface area contributed by atoms with E-state index in [9.17, 15) is 9.59 Å². The lowest BCUT2D eigenvalue weighted by Gasteiger charge is -2.25. The summed E-state index contributed by atoms with van der Waals surface area (Å²) in [5.74, 6) is 0.391. The van der Waals surface area contributed by atoms with Crippen LogP contribution in [0.25, 0.3) is 11.0 Å². The van der Waals surface area contributed by atoms with E-state index in [2.05, 4.69) is 15.9 Å². The van der Waals surface area contributed by atoms with E-state index >= 15 is 0 Å². The zero-order valence-electron chi connectivity index (χ0n) is 17.3. The van der Waals surface area contributed by atoms with Crippen LogP contribution in [0.1, 0.15) is 33.3 Å². The van der Waals surface area contributed by atoms with E-state index in [1.165, 1.54) is 0 Å². The van der Waals surface area contributed by atoms with Gasteiger partial charge in [0.05, 0.1) is 34.1 Å². The molecule has 0 saturated carbocycles. The van der Waals surface area contributed by atoms with Crippen molar-refractivity contribution in [1.82, 2.24) is 4.90 Å².